The Hall–Kier alpha value is -1.16. The Morgan fingerprint density at radius 1 is 1.44 bits per heavy atom. The lowest BCUT2D eigenvalue weighted by Crippen LogP contribution is -2.20. The highest BCUT2D eigenvalue weighted by Gasteiger charge is 2.13. The SMILES string of the molecule is COc1ccc(C(C)C)cc1N(C)C(=O)S. The number of ether oxygens (including phenoxy) is 1. The van der Waals surface area contributed by atoms with E-state index in [0.29, 0.717) is 11.7 Å². The first-order valence-corrected chi connectivity index (χ1v) is 5.56. The van der Waals surface area contributed by atoms with Crippen LogP contribution in [0.3, 0.4) is 0 Å². The van der Waals surface area contributed by atoms with Gasteiger partial charge < -0.3 is 9.64 Å². The van der Waals surface area contributed by atoms with Gasteiger partial charge in [-0.3, -0.25) is 4.79 Å². The highest BCUT2D eigenvalue weighted by Crippen LogP contribution is 2.31. The summed E-state index contributed by atoms with van der Waals surface area (Å²) in [5.41, 5.74) is 1.91. The van der Waals surface area contributed by atoms with E-state index in [1.54, 1.807) is 14.2 Å². The Kier molecular flexibility index (Phi) is 4.24. The number of hydrogen-bond acceptors (Lipinski definition) is 2. The first-order chi connectivity index (χ1) is 7.47. The molecule has 0 saturated carbocycles. The van der Waals surface area contributed by atoms with E-state index >= 15 is 0 Å². The minimum atomic E-state index is -0.306. The molecule has 16 heavy (non-hydrogen) atoms. The van der Waals surface area contributed by atoms with E-state index in [9.17, 15) is 4.79 Å². The molecule has 1 amide bonds. The maximum Gasteiger partial charge on any atom is 0.282 e. The summed E-state index contributed by atoms with van der Waals surface area (Å²) in [5.74, 6) is 1.09. The van der Waals surface area contributed by atoms with Crippen LogP contribution in [0.4, 0.5) is 10.5 Å². The fourth-order valence-electron chi connectivity index (χ4n) is 1.43. The van der Waals surface area contributed by atoms with E-state index in [0.717, 1.165) is 11.3 Å². The third kappa shape index (κ3) is 2.70. The molecule has 0 fully saturated rings. The molecule has 0 aromatic heterocycles. The van der Waals surface area contributed by atoms with Gasteiger partial charge in [-0.05, 0) is 23.6 Å². The van der Waals surface area contributed by atoms with Crippen molar-refractivity contribution in [3.8, 4) is 5.75 Å². The summed E-state index contributed by atoms with van der Waals surface area (Å²) in [6.07, 6.45) is 0. The molecular weight excluding hydrogens is 222 g/mol. The molecule has 88 valence electrons. The first kappa shape index (κ1) is 12.9. The van der Waals surface area contributed by atoms with E-state index in [-0.39, 0.29) is 5.24 Å². The van der Waals surface area contributed by atoms with Gasteiger partial charge in [-0.15, -0.1) is 0 Å². The number of thiol groups is 1. The number of amides is 1. The zero-order valence-electron chi connectivity index (χ0n) is 10.0. The van der Waals surface area contributed by atoms with Crippen LogP contribution in [0.1, 0.15) is 25.3 Å². The summed E-state index contributed by atoms with van der Waals surface area (Å²) in [6.45, 7) is 4.21. The van der Waals surface area contributed by atoms with Gasteiger partial charge in [-0.1, -0.05) is 32.5 Å². The predicted octanol–water partition coefficient (Wildman–Crippen LogP) is 3.30. The molecule has 0 heterocycles. The average molecular weight is 239 g/mol. The highest BCUT2D eigenvalue weighted by atomic mass is 32.1. The van der Waals surface area contributed by atoms with Crippen LogP contribution >= 0.6 is 12.6 Å². The number of methoxy groups -OCH3 is 1. The smallest absolute Gasteiger partial charge is 0.282 e. The third-order valence-electron chi connectivity index (χ3n) is 2.52. The van der Waals surface area contributed by atoms with Crippen molar-refractivity contribution in [1.82, 2.24) is 0 Å². The van der Waals surface area contributed by atoms with Crippen LogP contribution in [0.5, 0.6) is 5.75 Å². The fraction of sp³-hybridized carbons (Fsp3) is 0.417. The van der Waals surface area contributed by atoms with Crippen LogP contribution in [-0.4, -0.2) is 19.4 Å². The van der Waals surface area contributed by atoms with Crippen LogP contribution in [0.2, 0.25) is 0 Å². The monoisotopic (exact) mass is 239 g/mol. The lowest BCUT2D eigenvalue weighted by atomic mass is 10.0. The van der Waals surface area contributed by atoms with E-state index < -0.39 is 0 Å². The van der Waals surface area contributed by atoms with E-state index in [2.05, 4.69) is 26.5 Å². The largest absolute Gasteiger partial charge is 0.495 e. The van der Waals surface area contributed by atoms with Crippen molar-refractivity contribution < 1.29 is 9.53 Å². The zero-order valence-corrected chi connectivity index (χ0v) is 10.9. The van der Waals surface area contributed by atoms with Gasteiger partial charge in [-0.25, -0.2) is 0 Å². The molecule has 0 spiro atoms. The van der Waals surface area contributed by atoms with Gasteiger partial charge in [0.1, 0.15) is 5.75 Å². The Bertz CT molecular complexity index is 391. The van der Waals surface area contributed by atoms with Crippen molar-refractivity contribution in [2.45, 2.75) is 19.8 Å². The van der Waals surface area contributed by atoms with Gasteiger partial charge in [0.05, 0.1) is 12.8 Å². The average Bonchev–Trinajstić information content (AvgIpc) is 2.26. The second-order valence-corrected chi connectivity index (χ2v) is 4.31. The summed E-state index contributed by atoms with van der Waals surface area (Å²) < 4.78 is 5.22. The van der Waals surface area contributed by atoms with Gasteiger partial charge in [-0.2, -0.15) is 0 Å². The minimum Gasteiger partial charge on any atom is -0.495 e. The van der Waals surface area contributed by atoms with Crippen molar-refractivity contribution >= 4 is 23.6 Å². The normalized spacial score (nSPS) is 10.4. The lowest BCUT2D eigenvalue weighted by Gasteiger charge is -2.19. The quantitative estimate of drug-likeness (QED) is 0.820. The topological polar surface area (TPSA) is 29.5 Å². The fourth-order valence-corrected chi connectivity index (χ4v) is 1.54. The zero-order chi connectivity index (χ0) is 12.3. The van der Waals surface area contributed by atoms with Crippen molar-refractivity contribution in [3.63, 3.8) is 0 Å². The predicted molar refractivity (Wildman–Crippen MR) is 69.9 cm³/mol. The van der Waals surface area contributed by atoms with E-state index in [1.165, 1.54) is 4.90 Å². The lowest BCUT2D eigenvalue weighted by molar-refractivity contribution is 0.266. The number of anilines is 1. The number of carbonyl (C=O) groups is 1. The van der Waals surface area contributed by atoms with Gasteiger partial charge in [0.15, 0.2) is 0 Å². The Morgan fingerprint density at radius 3 is 2.50 bits per heavy atom. The maximum absolute atomic E-state index is 11.2. The summed E-state index contributed by atoms with van der Waals surface area (Å²) in [4.78, 5) is 12.7. The summed E-state index contributed by atoms with van der Waals surface area (Å²) in [6, 6.07) is 5.83. The molecule has 1 aromatic carbocycles. The molecule has 4 heteroatoms. The second-order valence-electron chi connectivity index (χ2n) is 3.93. The molecule has 0 aliphatic heterocycles. The molecule has 0 atom stereocenters. The number of benzene rings is 1. The van der Waals surface area contributed by atoms with Crippen molar-refractivity contribution in [2.75, 3.05) is 19.1 Å². The number of hydrogen-bond donors (Lipinski definition) is 1. The van der Waals surface area contributed by atoms with Crippen molar-refractivity contribution in [2.24, 2.45) is 0 Å². The summed E-state index contributed by atoms with van der Waals surface area (Å²) >= 11 is 3.81. The number of rotatable bonds is 3. The van der Waals surface area contributed by atoms with Crippen molar-refractivity contribution in [3.05, 3.63) is 23.8 Å². The molecule has 0 radical (unpaired) electrons. The molecule has 0 aliphatic carbocycles. The second kappa shape index (κ2) is 5.25. The van der Waals surface area contributed by atoms with Crippen LogP contribution in [0.25, 0.3) is 0 Å². The number of nitrogens with zero attached hydrogens (tertiary/aromatic N) is 1. The van der Waals surface area contributed by atoms with Gasteiger partial charge >= 0.3 is 0 Å². The van der Waals surface area contributed by atoms with Gasteiger partial charge in [0, 0.05) is 7.05 Å². The van der Waals surface area contributed by atoms with E-state index in [1.807, 2.05) is 18.2 Å². The van der Waals surface area contributed by atoms with Crippen LogP contribution in [-0.2, 0) is 0 Å². The molecular formula is C12H17NO2S. The molecule has 0 N–H and O–H groups in total. The van der Waals surface area contributed by atoms with Crippen LogP contribution in [0.15, 0.2) is 18.2 Å². The number of carbonyl (C=O) groups excluding carboxylic acids is 1. The molecule has 3 nitrogen and oxygen atoms in total. The molecule has 0 unspecified atom stereocenters. The molecule has 0 saturated heterocycles. The van der Waals surface area contributed by atoms with E-state index in [4.69, 9.17) is 4.74 Å². The Balaban J connectivity index is 3.21. The van der Waals surface area contributed by atoms with Gasteiger partial charge in [0.2, 0.25) is 0 Å². The first-order valence-electron chi connectivity index (χ1n) is 5.12. The molecule has 0 aliphatic rings. The Morgan fingerprint density at radius 2 is 2.06 bits per heavy atom. The van der Waals surface area contributed by atoms with Crippen LogP contribution in [0, 0.1) is 0 Å². The van der Waals surface area contributed by atoms with Crippen LogP contribution < -0.4 is 9.64 Å². The standard InChI is InChI=1S/C12H17NO2S/c1-8(2)9-5-6-11(15-4)10(7-9)13(3)12(14)16/h5-8H,1-4H3,(H,14,16). The van der Waals surface area contributed by atoms with Gasteiger partial charge in [0.25, 0.3) is 5.24 Å². The minimum absolute atomic E-state index is 0.306. The Labute approximate surface area is 102 Å². The molecule has 0 bridgehead atoms. The summed E-state index contributed by atoms with van der Waals surface area (Å²) in [7, 11) is 3.27. The summed E-state index contributed by atoms with van der Waals surface area (Å²) in [5, 5.41) is -0.306. The molecule has 1 aromatic rings. The third-order valence-corrected chi connectivity index (χ3v) is 2.82. The highest BCUT2D eigenvalue weighted by molar-refractivity contribution is 7.96. The van der Waals surface area contributed by atoms with Crippen molar-refractivity contribution in [1.29, 1.82) is 0 Å². The maximum atomic E-state index is 11.2. The molecule has 1 rings (SSSR count).